The number of aryl methyl sites for hydroxylation is 1. The maximum atomic E-state index is 9.73. The summed E-state index contributed by atoms with van der Waals surface area (Å²) in [7, 11) is 1.82. The van der Waals surface area contributed by atoms with Gasteiger partial charge >= 0.3 is 0 Å². The maximum absolute atomic E-state index is 9.73. The lowest BCUT2D eigenvalue weighted by Gasteiger charge is -2.36. The van der Waals surface area contributed by atoms with E-state index in [-0.39, 0.29) is 0 Å². The zero-order chi connectivity index (χ0) is 8.60. The molecule has 0 aromatic carbocycles. The minimum absolute atomic E-state index is 0.587. The smallest absolute Gasteiger partial charge is 0.0951 e. The first-order chi connectivity index (χ1) is 5.68. The molecule has 2 heterocycles. The third kappa shape index (κ3) is 1.33. The van der Waals surface area contributed by atoms with Crippen molar-refractivity contribution in [3.63, 3.8) is 0 Å². The molecule has 1 aromatic rings. The Bertz CT molecular complexity index is 279. The Morgan fingerprint density at radius 2 is 2.50 bits per heavy atom. The number of nitrogens with one attached hydrogen (secondary N) is 1. The molecule has 1 aromatic heterocycles. The Kier molecular flexibility index (Phi) is 1.62. The SMILES string of the molecule is Cn1cc(CC2(O)CNC2)nn1. The van der Waals surface area contributed by atoms with Gasteiger partial charge in [-0.1, -0.05) is 5.21 Å². The standard InChI is InChI=1S/C7H12N4O/c1-11-3-6(9-10-11)2-7(12)4-8-5-7/h3,8,12H,2,4-5H2,1H3. The molecular weight excluding hydrogens is 156 g/mol. The van der Waals surface area contributed by atoms with Crippen LogP contribution in [-0.2, 0) is 13.5 Å². The fourth-order valence-corrected chi connectivity index (χ4v) is 1.35. The van der Waals surface area contributed by atoms with Gasteiger partial charge in [-0.25, -0.2) is 0 Å². The first-order valence-corrected chi connectivity index (χ1v) is 3.96. The topological polar surface area (TPSA) is 63.0 Å². The van der Waals surface area contributed by atoms with Crippen LogP contribution in [0.3, 0.4) is 0 Å². The molecule has 1 fully saturated rings. The van der Waals surface area contributed by atoms with E-state index < -0.39 is 5.60 Å². The average molecular weight is 168 g/mol. The minimum atomic E-state index is -0.587. The number of rotatable bonds is 2. The lowest BCUT2D eigenvalue weighted by molar-refractivity contribution is -0.00983. The fraction of sp³-hybridized carbons (Fsp3) is 0.714. The van der Waals surface area contributed by atoms with Gasteiger partial charge in [0.1, 0.15) is 0 Å². The van der Waals surface area contributed by atoms with E-state index in [9.17, 15) is 5.11 Å². The van der Waals surface area contributed by atoms with Crippen LogP contribution in [0.5, 0.6) is 0 Å². The molecule has 5 nitrogen and oxygen atoms in total. The van der Waals surface area contributed by atoms with E-state index in [2.05, 4.69) is 15.6 Å². The van der Waals surface area contributed by atoms with Gasteiger partial charge in [0, 0.05) is 32.8 Å². The third-order valence-electron chi connectivity index (χ3n) is 2.07. The van der Waals surface area contributed by atoms with E-state index in [1.807, 2.05) is 13.2 Å². The van der Waals surface area contributed by atoms with Gasteiger partial charge in [0.15, 0.2) is 0 Å². The molecule has 0 amide bonds. The molecule has 5 heteroatoms. The van der Waals surface area contributed by atoms with Gasteiger partial charge in [-0.15, -0.1) is 5.10 Å². The largest absolute Gasteiger partial charge is 0.387 e. The Balaban J connectivity index is 2.03. The van der Waals surface area contributed by atoms with Crippen LogP contribution in [-0.4, -0.2) is 38.8 Å². The zero-order valence-corrected chi connectivity index (χ0v) is 6.99. The van der Waals surface area contributed by atoms with Gasteiger partial charge in [-0.3, -0.25) is 4.68 Å². The van der Waals surface area contributed by atoms with Gasteiger partial charge < -0.3 is 10.4 Å². The molecule has 0 atom stereocenters. The maximum Gasteiger partial charge on any atom is 0.0951 e. The molecule has 12 heavy (non-hydrogen) atoms. The molecule has 2 N–H and O–H groups in total. The molecule has 1 saturated heterocycles. The molecule has 0 saturated carbocycles. The van der Waals surface area contributed by atoms with Crippen LogP contribution in [0.15, 0.2) is 6.20 Å². The number of hydrogen-bond acceptors (Lipinski definition) is 4. The van der Waals surface area contributed by atoms with E-state index in [1.165, 1.54) is 0 Å². The molecule has 0 bridgehead atoms. The van der Waals surface area contributed by atoms with Crippen molar-refractivity contribution in [2.45, 2.75) is 12.0 Å². The van der Waals surface area contributed by atoms with Crippen molar-refractivity contribution in [2.75, 3.05) is 13.1 Å². The van der Waals surface area contributed by atoms with Crippen LogP contribution in [0.25, 0.3) is 0 Å². The summed E-state index contributed by atoms with van der Waals surface area (Å²) in [5, 5.41) is 20.5. The lowest BCUT2D eigenvalue weighted by Crippen LogP contribution is -2.60. The summed E-state index contributed by atoms with van der Waals surface area (Å²) in [6.45, 7) is 1.31. The van der Waals surface area contributed by atoms with Crippen LogP contribution in [0.4, 0.5) is 0 Å². The molecule has 66 valence electrons. The van der Waals surface area contributed by atoms with Gasteiger partial charge in [0.05, 0.1) is 11.3 Å². The molecule has 0 spiro atoms. The Hall–Kier alpha value is -0.940. The molecule has 1 aliphatic rings. The van der Waals surface area contributed by atoms with Crippen LogP contribution < -0.4 is 5.32 Å². The number of aromatic nitrogens is 3. The number of β-amino-alcohol motifs (C(OH)–C–C–N with tert-alkyl or cyclic N) is 1. The van der Waals surface area contributed by atoms with E-state index in [0.29, 0.717) is 19.5 Å². The zero-order valence-electron chi connectivity index (χ0n) is 6.99. The van der Waals surface area contributed by atoms with Crippen LogP contribution >= 0.6 is 0 Å². The molecule has 1 aliphatic heterocycles. The number of aliphatic hydroxyl groups is 1. The third-order valence-corrected chi connectivity index (χ3v) is 2.07. The van der Waals surface area contributed by atoms with E-state index in [4.69, 9.17) is 0 Å². The highest BCUT2D eigenvalue weighted by Crippen LogP contribution is 2.15. The fourth-order valence-electron chi connectivity index (χ4n) is 1.35. The second kappa shape index (κ2) is 2.53. The quantitative estimate of drug-likeness (QED) is 0.575. The van der Waals surface area contributed by atoms with E-state index in [1.54, 1.807) is 4.68 Å². The van der Waals surface area contributed by atoms with Gasteiger partial charge in [0.2, 0.25) is 0 Å². The molecular formula is C7H12N4O. The molecule has 0 unspecified atom stereocenters. The Morgan fingerprint density at radius 3 is 2.92 bits per heavy atom. The van der Waals surface area contributed by atoms with Crippen molar-refractivity contribution in [3.8, 4) is 0 Å². The summed E-state index contributed by atoms with van der Waals surface area (Å²) >= 11 is 0. The van der Waals surface area contributed by atoms with E-state index in [0.717, 1.165) is 5.69 Å². The summed E-state index contributed by atoms with van der Waals surface area (Å²) in [4.78, 5) is 0. The summed E-state index contributed by atoms with van der Waals surface area (Å²) < 4.78 is 1.64. The Labute approximate surface area is 70.4 Å². The van der Waals surface area contributed by atoms with Gasteiger partial charge in [-0.2, -0.15) is 0 Å². The monoisotopic (exact) mass is 168 g/mol. The summed E-state index contributed by atoms with van der Waals surface area (Å²) in [5.41, 5.74) is 0.261. The van der Waals surface area contributed by atoms with Crippen LogP contribution in [0.2, 0.25) is 0 Å². The second-order valence-electron chi connectivity index (χ2n) is 3.39. The Morgan fingerprint density at radius 1 is 1.75 bits per heavy atom. The van der Waals surface area contributed by atoms with Crippen molar-refractivity contribution >= 4 is 0 Å². The lowest BCUT2D eigenvalue weighted by atomic mass is 9.92. The second-order valence-corrected chi connectivity index (χ2v) is 3.39. The van der Waals surface area contributed by atoms with Crippen molar-refractivity contribution < 1.29 is 5.11 Å². The van der Waals surface area contributed by atoms with Crippen molar-refractivity contribution in [3.05, 3.63) is 11.9 Å². The highest BCUT2D eigenvalue weighted by atomic mass is 16.3. The molecule has 2 rings (SSSR count). The van der Waals surface area contributed by atoms with Gasteiger partial charge in [-0.05, 0) is 0 Å². The number of nitrogens with zero attached hydrogens (tertiary/aromatic N) is 3. The van der Waals surface area contributed by atoms with E-state index >= 15 is 0 Å². The predicted molar refractivity (Wildman–Crippen MR) is 42.5 cm³/mol. The number of hydrogen-bond donors (Lipinski definition) is 2. The van der Waals surface area contributed by atoms with Crippen molar-refractivity contribution in [2.24, 2.45) is 7.05 Å². The predicted octanol–water partition coefficient (Wildman–Crippen LogP) is -1.31. The van der Waals surface area contributed by atoms with Gasteiger partial charge in [0.25, 0.3) is 0 Å². The minimum Gasteiger partial charge on any atom is -0.387 e. The highest BCUT2D eigenvalue weighted by Gasteiger charge is 2.34. The first-order valence-electron chi connectivity index (χ1n) is 3.96. The van der Waals surface area contributed by atoms with Crippen molar-refractivity contribution in [1.29, 1.82) is 0 Å². The molecule has 0 aliphatic carbocycles. The first kappa shape index (κ1) is 7.70. The summed E-state index contributed by atoms with van der Waals surface area (Å²) in [6, 6.07) is 0. The normalized spacial score (nSPS) is 20.5. The van der Waals surface area contributed by atoms with Crippen LogP contribution in [0, 0.1) is 0 Å². The summed E-state index contributed by atoms with van der Waals surface area (Å²) in [5.74, 6) is 0. The summed E-state index contributed by atoms with van der Waals surface area (Å²) in [6.07, 6.45) is 2.42. The highest BCUT2D eigenvalue weighted by molar-refractivity contribution is 5.04. The average Bonchev–Trinajstić information content (AvgIpc) is 2.32. The van der Waals surface area contributed by atoms with Crippen molar-refractivity contribution in [1.82, 2.24) is 20.3 Å². The molecule has 0 radical (unpaired) electrons. The van der Waals surface area contributed by atoms with Crippen LogP contribution in [0.1, 0.15) is 5.69 Å².